The van der Waals surface area contributed by atoms with Gasteiger partial charge >= 0.3 is 0 Å². The van der Waals surface area contributed by atoms with E-state index in [-0.39, 0.29) is 0 Å². The fraction of sp³-hybridized carbons (Fsp3) is 0.294. The molecule has 1 heteroatoms. The van der Waals surface area contributed by atoms with Crippen molar-refractivity contribution in [3.63, 3.8) is 0 Å². The third-order valence-corrected chi connectivity index (χ3v) is 3.34. The van der Waals surface area contributed by atoms with Crippen LogP contribution in [-0.4, -0.2) is 6.26 Å². The Kier molecular flexibility index (Phi) is 6.00. The summed E-state index contributed by atoms with van der Waals surface area (Å²) in [7, 11) is 0. The summed E-state index contributed by atoms with van der Waals surface area (Å²) in [6, 6.07) is 13.3. The van der Waals surface area contributed by atoms with Crippen LogP contribution in [0, 0.1) is 0 Å². The molecule has 2 aromatic carbocycles. The Morgan fingerprint density at radius 2 is 1.67 bits per heavy atom. The van der Waals surface area contributed by atoms with Crippen molar-refractivity contribution >= 4 is 22.5 Å². The van der Waals surface area contributed by atoms with Crippen LogP contribution in [0.3, 0.4) is 0 Å². The van der Waals surface area contributed by atoms with Crippen molar-refractivity contribution in [2.24, 2.45) is 0 Å². The first-order chi connectivity index (χ1) is 8.69. The van der Waals surface area contributed by atoms with Crippen molar-refractivity contribution in [1.82, 2.24) is 0 Å². The fourth-order valence-electron chi connectivity index (χ4n) is 1.86. The predicted molar refractivity (Wildman–Crippen MR) is 85.6 cm³/mol. The highest BCUT2D eigenvalue weighted by molar-refractivity contribution is 7.98. The van der Waals surface area contributed by atoms with Crippen LogP contribution in [0.5, 0.6) is 0 Å². The Morgan fingerprint density at radius 3 is 2.28 bits per heavy atom. The molecule has 0 unspecified atom stereocenters. The summed E-state index contributed by atoms with van der Waals surface area (Å²) in [5, 5.41) is 2.63. The summed E-state index contributed by atoms with van der Waals surface area (Å²) in [5.74, 6) is 0. The molecule has 2 rings (SSSR count). The summed E-state index contributed by atoms with van der Waals surface area (Å²) in [4.78, 5) is 1.32. The SMILES string of the molecule is C=C(C)Cc1ccc2cc(SC)ccc2c1.CC. The van der Waals surface area contributed by atoms with Crippen molar-refractivity contribution in [1.29, 1.82) is 0 Å². The van der Waals surface area contributed by atoms with Crippen LogP contribution >= 0.6 is 11.8 Å². The molecule has 0 aliphatic heterocycles. The predicted octanol–water partition coefficient (Wildman–Crippen LogP) is 5.71. The van der Waals surface area contributed by atoms with E-state index in [4.69, 9.17) is 0 Å². The van der Waals surface area contributed by atoms with Crippen LogP contribution in [0.1, 0.15) is 26.3 Å². The lowest BCUT2D eigenvalue weighted by molar-refractivity contribution is 1.16. The van der Waals surface area contributed by atoms with Gasteiger partial charge in [-0.2, -0.15) is 0 Å². The van der Waals surface area contributed by atoms with Crippen LogP contribution in [0.25, 0.3) is 10.8 Å². The zero-order valence-corrected chi connectivity index (χ0v) is 12.6. The Balaban J connectivity index is 0.000000771. The minimum atomic E-state index is 0.972. The van der Waals surface area contributed by atoms with Crippen LogP contribution < -0.4 is 0 Å². The van der Waals surface area contributed by atoms with Gasteiger partial charge in [0.15, 0.2) is 0 Å². The lowest BCUT2D eigenvalue weighted by Crippen LogP contribution is -1.85. The van der Waals surface area contributed by atoms with Gasteiger partial charge in [0.1, 0.15) is 0 Å². The van der Waals surface area contributed by atoms with Gasteiger partial charge < -0.3 is 0 Å². The molecule has 0 aliphatic carbocycles. The lowest BCUT2D eigenvalue weighted by atomic mass is 10.0. The van der Waals surface area contributed by atoms with Gasteiger partial charge in [-0.3, -0.25) is 0 Å². The van der Waals surface area contributed by atoms with E-state index in [1.807, 2.05) is 13.8 Å². The lowest BCUT2D eigenvalue weighted by Gasteiger charge is -2.05. The molecule has 0 fully saturated rings. The van der Waals surface area contributed by atoms with Gasteiger partial charge in [0.2, 0.25) is 0 Å². The molecule has 0 saturated heterocycles. The number of fused-ring (bicyclic) bond motifs is 1. The maximum absolute atomic E-state index is 3.95. The van der Waals surface area contributed by atoms with Crippen molar-refractivity contribution in [3.8, 4) is 0 Å². The minimum Gasteiger partial charge on any atom is -0.130 e. The summed E-state index contributed by atoms with van der Waals surface area (Å²) in [5.41, 5.74) is 2.55. The third kappa shape index (κ3) is 3.92. The number of allylic oxidation sites excluding steroid dienone is 1. The van der Waals surface area contributed by atoms with Crippen LogP contribution in [0.2, 0.25) is 0 Å². The highest BCUT2D eigenvalue weighted by atomic mass is 32.2. The number of benzene rings is 2. The molecule has 0 saturated carbocycles. The van der Waals surface area contributed by atoms with Gasteiger partial charge in [0, 0.05) is 4.90 Å². The second-order valence-electron chi connectivity index (χ2n) is 4.18. The smallest absolute Gasteiger partial charge is 0.00755 e. The first kappa shape index (κ1) is 14.8. The molecular formula is C17H22S. The monoisotopic (exact) mass is 258 g/mol. The summed E-state index contributed by atoms with van der Waals surface area (Å²) < 4.78 is 0. The largest absolute Gasteiger partial charge is 0.130 e. The normalized spacial score (nSPS) is 9.78. The summed E-state index contributed by atoms with van der Waals surface area (Å²) in [6.07, 6.45) is 3.08. The Morgan fingerprint density at radius 1 is 1.06 bits per heavy atom. The van der Waals surface area contributed by atoms with Crippen molar-refractivity contribution in [2.45, 2.75) is 32.1 Å². The van der Waals surface area contributed by atoms with E-state index in [9.17, 15) is 0 Å². The van der Waals surface area contributed by atoms with Crippen LogP contribution in [-0.2, 0) is 6.42 Å². The first-order valence-corrected chi connectivity index (χ1v) is 7.62. The van der Waals surface area contributed by atoms with Crippen LogP contribution in [0.4, 0.5) is 0 Å². The third-order valence-electron chi connectivity index (χ3n) is 2.62. The molecule has 0 aliphatic rings. The Hall–Kier alpha value is -1.21. The van der Waals surface area contributed by atoms with Gasteiger partial charge in [-0.25, -0.2) is 0 Å². The number of thioether (sulfide) groups is 1. The van der Waals surface area contributed by atoms with Crippen molar-refractivity contribution in [2.75, 3.05) is 6.26 Å². The molecule has 0 aromatic heterocycles. The zero-order chi connectivity index (χ0) is 13.5. The summed E-state index contributed by atoms with van der Waals surface area (Å²) in [6.45, 7) is 10.0. The van der Waals surface area contributed by atoms with Gasteiger partial charge in [0.25, 0.3) is 0 Å². The van der Waals surface area contributed by atoms with E-state index in [1.54, 1.807) is 11.8 Å². The Labute approximate surface area is 115 Å². The standard InChI is InChI=1S/C15H16S.C2H6/c1-11(2)8-12-4-5-14-10-15(16-3)7-6-13(14)9-12;1-2/h4-7,9-10H,1,8H2,2-3H3;1-2H3. The Bertz CT molecular complexity index is 526. The first-order valence-electron chi connectivity index (χ1n) is 6.40. The van der Waals surface area contributed by atoms with E-state index in [0.29, 0.717) is 0 Å². The molecule has 0 bridgehead atoms. The molecule has 0 nitrogen and oxygen atoms in total. The van der Waals surface area contributed by atoms with E-state index in [1.165, 1.54) is 26.8 Å². The number of rotatable bonds is 3. The molecule has 2 aromatic rings. The van der Waals surface area contributed by atoms with Crippen molar-refractivity contribution in [3.05, 3.63) is 54.1 Å². The number of hydrogen-bond acceptors (Lipinski definition) is 1. The maximum atomic E-state index is 3.95. The topological polar surface area (TPSA) is 0 Å². The van der Waals surface area contributed by atoms with E-state index >= 15 is 0 Å². The molecule has 0 spiro atoms. The highest BCUT2D eigenvalue weighted by Gasteiger charge is 1.98. The average Bonchev–Trinajstić information content (AvgIpc) is 2.39. The van der Waals surface area contributed by atoms with E-state index < -0.39 is 0 Å². The average molecular weight is 258 g/mol. The van der Waals surface area contributed by atoms with Crippen molar-refractivity contribution < 1.29 is 0 Å². The molecule has 0 amide bonds. The van der Waals surface area contributed by atoms with E-state index in [0.717, 1.165) is 6.42 Å². The maximum Gasteiger partial charge on any atom is 0.00755 e. The van der Waals surface area contributed by atoms with E-state index in [2.05, 4.69) is 56.2 Å². The van der Waals surface area contributed by atoms with Gasteiger partial charge in [0.05, 0.1) is 0 Å². The molecule has 0 N–H and O–H groups in total. The number of hydrogen-bond donors (Lipinski definition) is 0. The quantitative estimate of drug-likeness (QED) is 0.502. The molecule has 0 atom stereocenters. The fourth-order valence-corrected chi connectivity index (χ4v) is 2.31. The second-order valence-corrected chi connectivity index (χ2v) is 5.06. The van der Waals surface area contributed by atoms with Gasteiger partial charge in [-0.1, -0.05) is 50.3 Å². The molecular weight excluding hydrogens is 236 g/mol. The molecule has 18 heavy (non-hydrogen) atoms. The van der Waals surface area contributed by atoms with Gasteiger partial charge in [-0.15, -0.1) is 11.8 Å². The summed E-state index contributed by atoms with van der Waals surface area (Å²) >= 11 is 1.78. The van der Waals surface area contributed by atoms with Crippen LogP contribution in [0.15, 0.2) is 53.4 Å². The second kappa shape index (κ2) is 7.27. The minimum absolute atomic E-state index is 0.972. The molecule has 0 radical (unpaired) electrons. The zero-order valence-electron chi connectivity index (χ0n) is 11.8. The molecule has 96 valence electrons. The van der Waals surface area contributed by atoms with Gasteiger partial charge in [-0.05, 0) is 48.1 Å². The highest BCUT2D eigenvalue weighted by Crippen LogP contribution is 2.23. The molecule has 0 heterocycles.